The van der Waals surface area contributed by atoms with Crippen LogP contribution in [-0.4, -0.2) is 29.7 Å². The average molecular weight is 382 g/mol. The molecular weight excluding hydrogens is 362 g/mol. The van der Waals surface area contributed by atoms with Crippen molar-refractivity contribution in [2.24, 2.45) is 0 Å². The van der Waals surface area contributed by atoms with Gasteiger partial charge in [0.15, 0.2) is 11.6 Å². The van der Waals surface area contributed by atoms with E-state index in [1.165, 1.54) is 12.1 Å². The molecule has 5 nitrogen and oxygen atoms in total. The second-order valence-corrected chi connectivity index (χ2v) is 6.50. The first-order valence-electron chi connectivity index (χ1n) is 9.11. The molecule has 28 heavy (non-hydrogen) atoms. The lowest BCUT2D eigenvalue weighted by atomic mass is 10.1. The number of ether oxygens (including phenoxy) is 1. The molecule has 0 aliphatic carbocycles. The molecule has 7 heteroatoms. The van der Waals surface area contributed by atoms with Crippen LogP contribution < -0.4 is 10.2 Å². The zero-order valence-electron chi connectivity index (χ0n) is 15.2. The second-order valence-electron chi connectivity index (χ2n) is 6.50. The number of nitrogens with zero attached hydrogens (tertiary/aromatic N) is 3. The zero-order chi connectivity index (χ0) is 19.3. The molecule has 1 saturated heterocycles. The van der Waals surface area contributed by atoms with Gasteiger partial charge in [0.25, 0.3) is 0 Å². The first kappa shape index (κ1) is 18.3. The summed E-state index contributed by atoms with van der Waals surface area (Å²) in [6.45, 7) is 1.99. The van der Waals surface area contributed by atoms with Crippen LogP contribution in [0.25, 0.3) is 0 Å². The molecule has 0 radical (unpaired) electrons. The standard InChI is InChI=1S/C21H20F2N4O/c22-17-8-4-7-16(20(17)23)13-25-21-24-10-9-19(26-21)27-11-12-28-14-18(27)15-5-2-1-3-6-15/h1-10,18H,11-14H2,(H,24,25,26)/t18-/m1/s1. The van der Waals surface area contributed by atoms with Gasteiger partial charge < -0.3 is 15.0 Å². The van der Waals surface area contributed by atoms with E-state index in [2.05, 4.69) is 32.3 Å². The van der Waals surface area contributed by atoms with Crippen LogP contribution in [0.3, 0.4) is 0 Å². The van der Waals surface area contributed by atoms with E-state index in [0.29, 0.717) is 25.7 Å². The van der Waals surface area contributed by atoms with Gasteiger partial charge in [-0.3, -0.25) is 0 Å². The van der Waals surface area contributed by atoms with Crippen LogP contribution in [0.1, 0.15) is 17.2 Å². The van der Waals surface area contributed by atoms with Gasteiger partial charge in [0, 0.05) is 24.8 Å². The smallest absolute Gasteiger partial charge is 0.224 e. The van der Waals surface area contributed by atoms with Crippen LogP contribution in [0.4, 0.5) is 20.5 Å². The van der Waals surface area contributed by atoms with E-state index in [-0.39, 0.29) is 18.2 Å². The Hall–Kier alpha value is -3.06. The van der Waals surface area contributed by atoms with Crippen molar-refractivity contribution in [1.29, 1.82) is 0 Å². The van der Waals surface area contributed by atoms with Crippen LogP contribution in [0.15, 0.2) is 60.8 Å². The molecule has 1 aliphatic rings. The summed E-state index contributed by atoms with van der Waals surface area (Å²) >= 11 is 0. The fourth-order valence-corrected chi connectivity index (χ4v) is 3.28. The molecular formula is C21H20F2N4O. The number of morpholine rings is 1. The summed E-state index contributed by atoms with van der Waals surface area (Å²) in [4.78, 5) is 10.9. The van der Waals surface area contributed by atoms with Gasteiger partial charge in [-0.1, -0.05) is 42.5 Å². The molecule has 0 amide bonds. The molecule has 3 aromatic rings. The minimum atomic E-state index is -0.868. The van der Waals surface area contributed by atoms with E-state index < -0.39 is 11.6 Å². The number of hydrogen-bond acceptors (Lipinski definition) is 5. The molecule has 0 bridgehead atoms. The highest BCUT2D eigenvalue weighted by atomic mass is 19.2. The summed E-state index contributed by atoms with van der Waals surface area (Å²) in [5.41, 5.74) is 1.37. The Morgan fingerprint density at radius 3 is 2.79 bits per heavy atom. The van der Waals surface area contributed by atoms with Gasteiger partial charge in [-0.2, -0.15) is 4.98 Å². The van der Waals surface area contributed by atoms with Crippen molar-refractivity contribution in [3.8, 4) is 0 Å². The molecule has 144 valence electrons. The summed E-state index contributed by atoms with van der Waals surface area (Å²) in [5.74, 6) is -0.606. The van der Waals surface area contributed by atoms with E-state index in [1.807, 2.05) is 24.3 Å². The van der Waals surface area contributed by atoms with Crippen molar-refractivity contribution in [2.75, 3.05) is 30.0 Å². The molecule has 2 aromatic carbocycles. The summed E-state index contributed by atoms with van der Waals surface area (Å²) < 4.78 is 32.9. The third-order valence-corrected chi connectivity index (χ3v) is 4.72. The van der Waals surface area contributed by atoms with E-state index in [0.717, 1.165) is 17.4 Å². The highest BCUT2D eigenvalue weighted by Crippen LogP contribution is 2.28. The first-order valence-corrected chi connectivity index (χ1v) is 9.11. The van der Waals surface area contributed by atoms with Gasteiger partial charge in [-0.05, 0) is 17.7 Å². The number of rotatable bonds is 5. The molecule has 0 saturated carbocycles. The minimum Gasteiger partial charge on any atom is -0.377 e. The van der Waals surface area contributed by atoms with Gasteiger partial charge in [0.2, 0.25) is 5.95 Å². The van der Waals surface area contributed by atoms with Crippen molar-refractivity contribution in [2.45, 2.75) is 12.6 Å². The van der Waals surface area contributed by atoms with Gasteiger partial charge >= 0.3 is 0 Å². The fraction of sp³-hybridized carbons (Fsp3) is 0.238. The monoisotopic (exact) mass is 382 g/mol. The maximum atomic E-state index is 13.8. The molecule has 2 heterocycles. The minimum absolute atomic E-state index is 0.0540. The normalized spacial score (nSPS) is 16.8. The van der Waals surface area contributed by atoms with Gasteiger partial charge in [0.05, 0.1) is 19.3 Å². The topological polar surface area (TPSA) is 50.3 Å². The fourth-order valence-electron chi connectivity index (χ4n) is 3.28. The van der Waals surface area contributed by atoms with E-state index in [9.17, 15) is 8.78 Å². The van der Waals surface area contributed by atoms with Crippen molar-refractivity contribution in [3.05, 3.63) is 83.6 Å². The average Bonchev–Trinajstić information content (AvgIpc) is 2.76. The summed E-state index contributed by atoms with van der Waals surface area (Å²) in [5, 5.41) is 2.98. The number of hydrogen-bond donors (Lipinski definition) is 1. The Bertz CT molecular complexity index is 939. The van der Waals surface area contributed by atoms with Crippen LogP contribution in [0, 0.1) is 11.6 Å². The number of halogens is 2. The van der Waals surface area contributed by atoms with Crippen LogP contribution >= 0.6 is 0 Å². The maximum absolute atomic E-state index is 13.8. The van der Waals surface area contributed by atoms with Crippen LogP contribution in [-0.2, 0) is 11.3 Å². The lowest BCUT2D eigenvalue weighted by Crippen LogP contribution is -2.40. The number of anilines is 2. The molecule has 1 fully saturated rings. The van der Waals surface area contributed by atoms with Gasteiger partial charge in [-0.25, -0.2) is 13.8 Å². The third kappa shape index (κ3) is 3.94. The van der Waals surface area contributed by atoms with Crippen molar-refractivity contribution < 1.29 is 13.5 Å². The maximum Gasteiger partial charge on any atom is 0.224 e. The number of nitrogens with one attached hydrogen (secondary N) is 1. The molecule has 4 rings (SSSR count). The summed E-state index contributed by atoms with van der Waals surface area (Å²) in [6.07, 6.45) is 1.66. The van der Waals surface area contributed by atoms with E-state index >= 15 is 0 Å². The zero-order valence-corrected chi connectivity index (χ0v) is 15.2. The van der Waals surface area contributed by atoms with Crippen LogP contribution in [0.2, 0.25) is 0 Å². The van der Waals surface area contributed by atoms with E-state index in [4.69, 9.17) is 4.74 Å². The van der Waals surface area contributed by atoms with Gasteiger partial charge in [0.1, 0.15) is 5.82 Å². The summed E-state index contributed by atoms with van der Waals surface area (Å²) in [7, 11) is 0. The predicted octanol–water partition coefficient (Wildman–Crippen LogP) is 3.94. The Morgan fingerprint density at radius 1 is 1.07 bits per heavy atom. The van der Waals surface area contributed by atoms with Crippen molar-refractivity contribution >= 4 is 11.8 Å². The molecule has 0 unspecified atom stereocenters. The molecule has 1 atom stereocenters. The Balaban J connectivity index is 1.53. The largest absolute Gasteiger partial charge is 0.377 e. The lowest BCUT2D eigenvalue weighted by Gasteiger charge is -2.36. The highest BCUT2D eigenvalue weighted by Gasteiger charge is 2.26. The Morgan fingerprint density at radius 2 is 1.93 bits per heavy atom. The molecule has 0 spiro atoms. The highest BCUT2D eigenvalue weighted by molar-refractivity contribution is 5.46. The summed E-state index contributed by atoms with van der Waals surface area (Å²) in [6, 6.07) is 16.1. The van der Waals surface area contributed by atoms with Crippen molar-refractivity contribution in [1.82, 2.24) is 9.97 Å². The SMILES string of the molecule is Fc1cccc(CNc2nccc(N3CCOC[C@@H]3c3ccccc3)n2)c1F. The Kier molecular flexibility index (Phi) is 5.43. The Labute approximate surface area is 162 Å². The molecule has 1 aliphatic heterocycles. The second kappa shape index (κ2) is 8.31. The quantitative estimate of drug-likeness (QED) is 0.724. The number of aromatic nitrogens is 2. The molecule has 1 aromatic heterocycles. The molecule has 1 N–H and O–H groups in total. The van der Waals surface area contributed by atoms with Crippen LogP contribution in [0.5, 0.6) is 0 Å². The van der Waals surface area contributed by atoms with Gasteiger partial charge in [-0.15, -0.1) is 0 Å². The third-order valence-electron chi connectivity index (χ3n) is 4.72. The van der Waals surface area contributed by atoms with E-state index in [1.54, 1.807) is 6.20 Å². The number of benzene rings is 2. The lowest BCUT2D eigenvalue weighted by molar-refractivity contribution is 0.0937. The first-order chi connectivity index (χ1) is 13.7. The van der Waals surface area contributed by atoms with Crippen molar-refractivity contribution in [3.63, 3.8) is 0 Å². The predicted molar refractivity (Wildman–Crippen MR) is 103 cm³/mol.